The molecule has 6 heteroatoms. The zero-order valence-electron chi connectivity index (χ0n) is 8.98. The van der Waals surface area contributed by atoms with E-state index in [4.69, 9.17) is 10.5 Å². The first-order valence-electron chi connectivity index (χ1n) is 4.37. The Kier molecular flexibility index (Phi) is 4.76. The summed E-state index contributed by atoms with van der Waals surface area (Å²) in [6.45, 7) is 0.280. The number of nitrogens with two attached hydrogens (primary N) is 1. The third-order valence-corrected chi connectivity index (χ3v) is 2.18. The second-order valence-corrected chi connectivity index (χ2v) is 3.49. The third-order valence-electron chi connectivity index (χ3n) is 1.62. The Hall–Kier alpha value is -1.58. The van der Waals surface area contributed by atoms with Crippen molar-refractivity contribution in [2.75, 3.05) is 20.0 Å². The number of thioether (sulfide) groups is 1. The van der Waals surface area contributed by atoms with E-state index in [-0.39, 0.29) is 12.3 Å². The van der Waals surface area contributed by atoms with Crippen LogP contribution in [0.4, 0.5) is 0 Å². The molecule has 1 amide bonds. The van der Waals surface area contributed by atoms with E-state index < -0.39 is 5.91 Å². The Labute approximate surface area is 97.8 Å². The van der Waals surface area contributed by atoms with Crippen molar-refractivity contribution in [2.24, 2.45) is 5.73 Å². The molecule has 0 aliphatic rings. The summed E-state index contributed by atoms with van der Waals surface area (Å²) < 4.78 is 4.77. The predicted octanol–water partition coefficient (Wildman–Crippen LogP) is 0.295. The van der Waals surface area contributed by atoms with Crippen molar-refractivity contribution in [3.63, 3.8) is 0 Å². The van der Waals surface area contributed by atoms with Crippen molar-refractivity contribution in [1.29, 1.82) is 0 Å². The van der Waals surface area contributed by atoms with Crippen LogP contribution in [0.1, 0.15) is 16.1 Å². The van der Waals surface area contributed by atoms with Gasteiger partial charge >= 0.3 is 0 Å². The van der Waals surface area contributed by atoms with Crippen molar-refractivity contribution in [1.82, 2.24) is 9.97 Å². The minimum Gasteiger partial charge on any atom is -0.372 e. The molecule has 0 radical (unpaired) electrons. The van der Waals surface area contributed by atoms with Crippen LogP contribution < -0.4 is 5.73 Å². The normalized spacial score (nSPS) is 9.38. The second kappa shape index (κ2) is 6.10. The fourth-order valence-electron chi connectivity index (χ4n) is 0.947. The molecule has 1 aromatic rings. The number of nitrogens with zero attached hydrogens (tertiary/aromatic N) is 2. The molecule has 0 bridgehead atoms. The fourth-order valence-corrected chi connectivity index (χ4v) is 1.29. The first kappa shape index (κ1) is 12.5. The van der Waals surface area contributed by atoms with Gasteiger partial charge in [-0.25, -0.2) is 9.97 Å². The summed E-state index contributed by atoms with van der Waals surface area (Å²) in [7, 11) is 1.54. The molecule has 1 rings (SSSR count). The van der Waals surface area contributed by atoms with Crippen molar-refractivity contribution in [3.8, 4) is 11.8 Å². The molecule has 5 nitrogen and oxygen atoms in total. The molecule has 0 aliphatic carbocycles. The molecule has 1 heterocycles. The van der Waals surface area contributed by atoms with E-state index >= 15 is 0 Å². The van der Waals surface area contributed by atoms with Gasteiger partial charge in [0.05, 0.1) is 5.56 Å². The number of carbonyl (C=O) groups is 1. The molecular formula is C10H11N3O2S. The van der Waals surface area contributed by atoms with Gasteiger partial charge in [0.25, 0.3) is 5.91 Å². The number of rotatable bonds is 3. The van der Waals surface area contributed by atoms with Crippen LogP contribution >= 0.6 is 11.8 Å². The number of amides is 1. The van der Waals surface area contributed by atoms with Crippen molar-refractivity contribution >= 4 is 17.7 Å². The highest BCUT2D eigenvalue weighted by molar-refractivity contribution is 7.98. The molecule has 0 atom stereocenters. The lowest BCUT2D eigenvalue weighted by Gasteiger charge is -2.00. The van der Waals surface area contributed by atoms with Gasteiger partial charge in [-0.1, -0.05) is 23.6 Å². The Morgan fingerprint density at radius 3 is 3.00 bits per heavy atom. The molecule has 0 aliphatic heterocycles. The molecule has 0 fully saturated rings. The van der Waals surface area contributed by atoms with Gasteiger partial charge < -0.3 is 10.5 Å². The molecule has 0 spiro atoms. The van der Waals surface area contributed by atoms with Gasteiger partial charge in [0, 0.05) is 13.3 Å². The Morgan fingerprint density at radius 2 is 2.44 bits per heavy atom. The maximum atomic E-state index is 11.1. The molecule has 84 valence electrons. The average molecular weight is 237 g/mol. The summed E-state index contributed by atoms with van der Waals surface area (Å²) in [4.78, 5) is 19.2. The molecule has 0 unspecified atom stereocenters. The van der Waals surface area contributed by atoms with Crippen molar-refractivity contribution in [3.05, 3.63) is 17.5 Å². The fraction of sp³-hybridized carbons (Fsp3) is 0.300. The standard InChI is InChI=1S/C10H11N3O2S/c1-15-5-3-4-7-6-12-10(16-2)13-8(7)9(11)14/h6H,5H2,1-2H3,(H2,11,14). The summed E-state index contributed by atoms with van der Waals surface area (Å²) in [5.74, 6) is 4.84. The number of primary amides is 1. The zero-order chi connectivity index (χ0) is 12.0. The molecule has 2 N–H and O–H groups in total. The molecule has 16 heavy (non-hydrogen) atoms. The van der Waals surface area contributed by atoms with Crippen LogP contribution in [0.25, 0.3) is 0 Å². The Balaban J connectivity index is 3.09. The van der Waals surface area contributed by atoms with Gasteiger partial charge in [0.15, 0.2) is 5.16 Å². The van der Waals surface area contributed by atoms with E-state index in [1.54, 1.807) is 0 Å². The van der Waals surface area contributed by atoms with Crippen LogP contribution in [0.15, 0.2) is 11.4 Å². The van der Waals surface area contributed by atoms with E-state index in [0.29, 0.717) is 10.7 Å². The minimum atomic E-state index is -0.612. The summed E-state index contributed by atoms with van der Waals surface area (Å²) in [5.41, 5.74) is 5.77. The number of carbonyl (C=O) groups excluding carboxylic acids is 1. The highest BCUT2D eigenvalue weighted by Gasteiger charge is 2.10. The van der Waals surface area contributed by atoms with Gasteiger partial charge in [0.1, 0.15) is 12.3 Å². The molecule has 1 aromatic heterocycles. The quantitative estimate of drug-likeness (QED) is 0.464. The van der Waals surface area contributed by atoms with Gasteiger partial charge in [-0.3, -0.25) is 4.79 Å². The van der Waals surface area contributed by atoms with Gasteiger partial charge in [-0.05, 0) is 6.26 Å². The predicted molar refractivity (Wildman–Crippen MR) is 61.1 cm³/mol. The summed E-state index contributed by atoms with van der Waals surface area (Å²) >= 11 is 1.33. The summed E-state index contributed by atoms with van der Waals surface area (Å²) in [5, 5.41) is 0.492. The Morgan fingerprint density at radius 1 is 1.69 bits per heavy atom. The summed E-state index contributed by atoms with van der Waals surface area (Å²) in [6.07, 6.45) is 3.30. The van der Waals surface area contributed by atoms with Crippen molar-refractivity contribution in [2.45, 2.75) is 5.16 Å². The second-order valence-electron chi connectivity index (χ2n) is 2.72. The van der Waals surface area contributed by atoms with Gasteiger partial charge in [-0.2, -0.15) is 0 Å². The average Bonchev–Trinajstić information content (AvgIpc) is 2.29. The zero-order valence-corrected chi connectivity index (χ0v) is 9.80. The molecular weight excluding hydrogens is 226 g/mol. The number of methoxy groups -OCH3 is 1. The molecule has 0 aromatic carbocycles. The maximum Gasteiger partial charge on any atom is 0.268 e. The maximum absolute atomic E-state index is 11.1. The first-order chi connectivity index (χ1) is 7.69. The lowest BCUT2D eigenvalue weighted by molar-refractivity contribution is 0.0994. The Bertz CT molecular complexity index is 451. The largest absolute Gasteiger partial charge is 0.372 e. The highest BCUT2D eigenvalue weighted by Crippen LogP contribution is 2.10. The van der Waals surface area contributed by atoms with Crippen LogP contribution in [-0.4, -0.2) is 35.8 Å². The minimum absolute atomic E-state index is 0.142. The van der Waals surface area contributed by atoms with Crippen LogP contribution in [-0.2, 0) is 4.74 Å². The van der Waals surface area contributed by atoms with Crippen molar-refractivity contribution < 1.29 is 9.53 Å². The van der Waals surface area contributed by atoms with E-state index in [2.05, 4.69) is 21.8 Å². The van der Waals surface area contributed by atoms with Crippen LogP contribution in [0.2, 0.25) is 0 Å². The van der Waals surface area contributed by atoms with Crippen LogP contribution in [0.5, 0.6) is 0 Å². The van der Waals surface area contributed by atoms with Gasteiger partial charge in [-0.15, -0.1) is 0 Å². The SMILES string of the molecule is COCC#Cc1cnc(SC)nc1C(N)=O. The molecule has 0 saturated heterocycles. The lowest BCUT2D eigenvalue weighted by atomic mass is 10.2. The van der Waals surface area contributed by atoms with Crippen LogP contribution in [0.3, 0.4) is 0 Å². The van der Waals surface area contributed by atoms with E-state index in [1.165, 1.54) is 25.1 Å². The first-order valence-corrected chi connectivity index (χ1v) is 5.60. The number of hydrogen-bond donors (Lipinski definition) is 1. The smallest absolute Gasteiger partial charge is 0.268 e. The van der Waals surface area contributed by atoms with Crippen LogP contribution in [0, 0.1) is 11.8 Å². The highest BCUT2D eigenvalue weighted by atomic mass is 32.2. The molecule has 0 saturated carbocycles. The van der Waals surface area contributed by atoms with Gasteiger partial charge in [0.2, 0.25) is 0 Å². The van der Waals surface area contributed by atoms with E-state index in [9.17, 15) is 4.79 Å². The monoisotopic (exact) mass is 237 g/mol. The number of aromatic nitrogens is 2. The summed E-state index contributed by atoms with van der Waals surface area (Å²) in [6, 6.07) is 0. The number of hydrogen-bond acceptors (Lipinski definition) is 5. The topological polar surface area (TPSA) is 78.1 Å². The lowest BCUT2D eigenvalue weighted by Crippen LogP contribution is -2.16. The number of ether oxygens (including phenoxy) is 1. The van der Waals surface area contributed by atoms with E-state index in [0.717, 1.165) is 0 Å². The third kappa shape index (κ3) is 3.22. The van der Waals surface area contributed by atoms with E-state index in [1.807, 2.05) is 6.26 Å².